The van der Waals surface area contributed by atoms with Crippen molar-refractivity contribution >= 4 is 22.6 Å². The van der Waals surface area contributed by atoms with Crippen LogP contribution in [-0.4, -0.2) is 51.5 Å². The van der Waals surface area contributed by atoms with Crippen molar-refractivity contribution in [2.75, 3.05) is 31.1 Å². The summed E-state index contributed by atoms with van der Waals surface area (Å²) in [5, 5.41) is 0.454. The van der Waals surface area contributed by atoms with Crippen molar-refractivity contribution in [3.05, 3.63) is 105 Å². The van der Waals surface area contributed by atoms with Gasteiger partial charge in [0.2, 0.25) is 0 Å². The van der Waals surface area contributed by atoms with Crippen LogP contribution in [0.3, 0.4) is 0 Å². The number of fused-ring (bicyclic) bond motifs is 1. The first-order valence-electron chi connectivity index (χ1n) is 10.9. The molecule has 0 aliphatic carbocycles. The van der Waals surface area contributed by atoms with Gasteiger partial charge >= 0.3 is 5.69 Å². The van der Waals surface area contributed by atoms with E-state index < -0.39 is 11.2 Å². The Kier molecular flexibility index (Phi) is 5.48. The normalized spacial score (nSPS) is 13.9. The summed E-state index contributed by atoms with van der Waals surface area (Å²) >= 11 is 0. The molecule has 1 aliphatic heterocycles. The number of nitrogens with zero attached hydrogens (tertiary/aromatic N) is 4. The van der Waals surface area contributed by atoms with Crippen LogP contribution in [0.2, 0.25) is 0 Å². The summed E-state index contributed by atoms with van der Waals surface area (Å²) in [4.78, 5) is 48.5. The van der Waals surface area contributed by atoms with E-state index in [2.05, 4.69) is 14.9 Å². The molecule has 1 fully saturated rings. The lowest BCUT2D eigenvalue weighted by Gasteiger charge is -2.35. The fourth-order valence-electron chi connectivity index (χ4n) is 4.25. The van der Waals surface area contributed by atoms with Gasteiger partial charge < -0.3 is 9.80 Å². The van der Waals surface area contributed by atoms with Crippen molar-refractivity contribution in [1.29, 1.82) is 0 Å². The van der Waals surface area contributed by atoms with E-state index in [1.807, 2.05) is 41.3 Å². The molecule has 0 bridgehead atoms. The smallest absolute Gasteiger partial charge is 0.329 e. The van der Waals surface area contributed by atoms with Gasteiger partial charge in [-0.05, 0) is 42.0 Å². The lowest BCUT2D eigenvalue weighted by Crippen LogP contribution is -2.49. The van der Waals surface area contributed by atoms with Gasteiger partial charge in [-0.2, -0.15) is 0 Å². The number of hydrogen-bond donors (Lipinski definition) is 1. The molecule has 5 rings (SSSR count). The van der Waals surface area contributed by atoms with Crippen LogP contribution in [-0.2, 0) is 6.54 Å². The summed E-state index contributed by atoms with van der Waals surface area (Å²) < 4.78 is 1.52. The number of H-pyrrole nitrogens is 1. The van der Waals surface area contributed by atoms with E-state index >= 15 is 0 Å². The number of para-hydroxylation sites is 1. The van der Waals surface area contributed by atoms with E-state index in [0.717, 1.165) is 24.5 Å². The lowest BCUT2D eigenvalue weighted by atomic mass is 10.1. The van der Waals surface area contributed by atoms with Crippen LogP contribution in [0.5, 0.6) is 0 Å². The maximum Gasteiger partial charge on any atom is 0.329 e. The number of carbonyl (C=O) groups excluding carboxylic acids is 1. The van der Waals surface area contributed by atoms with E-state index in [1.54, 1.807) is 36.5 Å². The van der Waals surface area contributed by atoms with Crippen molar-refractivity contribution in [2.24, 2.45) is 0 Å². The zero-order chi connectivity index (χ0) is 22.8. The van der Waals surface area contributed by atoms with Gasteiger partial charge in [0.25, 0.3) is 11.5 Å². The van der Waals surface area contributed by atoms with Gasteiger partial charge in [-0.1, -0.05) is 30.3 Å². The second-order valence-corrected chi connectivity index (χ2v) is 8.03. The SMILES string of the molecule is O=C(c1cccc(Cn2c(=O)[nH]c(=O)c3ccccc32)c1)N1CCN(c2ccccn2)CC1. The molecule has 2 aromatic heterocycles. The fourth-order valence-corrected chi connectivity index (χ4v) is 4.25. The molecule has 1 N–H and O–H groups in total. The predicted octanol–water partition coefficient (Wildman–Crippen LogP) is 2.10. The number of anilines is 1. The molecule has 8 heteroatoms. The van der Waals surface area contributed by atoms with Crippen molar-refractivity contribution in [3.63, 3.8) is 0 Å². The Morgan fingerprint density at radius 1 is 0.909 bits per heavy atom. The first-order chi connectivity index (χ1) is 16.1. The van der Waals surface area contributed by atoms with Crippen LogP contribution in [0.25, 0.3) is 10.9 Å². The van der Waals surface area contributed by atoms with E-state index in [4.69, 9.17) is 0 Å². The van der Waals surface area contributed by atoms with Crippen LogP contribution in [0.1, 0.15) is 15.9 Å². The van der Waals surface area contributed by atoms with E-state index in [-0.39, 0.29) is 12.5 Å². The summed E-state index contributed by atoms with van der Waals surface area (Å²) in [6, 6.07) is 20.1. The Morgan fingerprint density at radius 2 is 1.70 bits per heavy atom. The standard InChI is InChI=1S/C25H23N5O3/c31-23-20-8-1-2-9-21(20)30(25(33)27-23)17-18-6-5-7-19(16-18)24(32)29-14-12-28(13-15-29)22-10-3-4-11-26-22/h1-11,16H,12-15,17H2,(H,27,31,33). The number of nitrogens with one attached hydrogen (secondary N) is 1. The van der Waals surface area contributed by atoms with E-state index in [1.165, 1.54) is 4.57 Å². The maximum atomic E-state index is 13.1. The predicted molar refractivity (Wildman–Crippen MR) is 127 cm³/mol. The third-order valence-electron chi connectivity index (χ3n) is 5.96. The highest BCUT2D eigenvalue weighted by molar-refractivity contribution is 5.94. The number of rotatable bonds is 4. The number of piperazine rings is 1. The first-order valence-corrected chi connectivity index (χ1v) is 10.9. The third kappa shape index (κ3) is 4.15. The van der Waals surface area contributed by atoms with Crippen molar-refractivity contribution in [1.82, 2.24) is 19.4 Å². The molecule has 1 aliphatic rings. The van der Waals surface area contributed by atoms with Crippen molar-refractivity contribution < 1.29 is 4.79 Å². The summed E-state index contributed by atoms with van der Waals surface area (Å²) in [6.07, 6.45) is 1.77. The van der Waals surface area contributed by atoms with Crippen LogP contribution >= 0.6 is 0 Å². The molecular formula is C25H23N5O3. The molecule has 166 valence electrons. The van der Waals surface area contributed by atoms with Crippen LogP contribution in [0.15, 0.2) is 82.5 Å². The third-order valence-corrected chi connectivity index (χ3v) is 5.96. The minimum absolute atomic E-state index is 0.0313. The Labute approximate surface area is 189 Å². The minimum Gasteiger partial charge on any atom is -0.353 e. The zero-order valence-corrected chi connectivity index (χ0v) is 18.0. The second-order valence-electron chi connectivity index (χ2n) is 8.03. The van der Waals surface area contributed by atoms with Crippen LogP contribution < -0.4 is 16.1 Å². The van der Waals surface area contributed by atoms with Gasteiger partial charge in [-0.25, -0.2) is 9.78 Å². The number of amides is 1. The number of aromatic nitrogens is 3. The minimum atomic E-state index is -0.471. The number of hydrogen-bond acceptors (Lipinski definition) is 5. The van der Waals surface area contributed by atoms with Crippen LogP contribution in [0, 0.1) is 0 Å². The maximum absolute atomic E-state index is 13.1. The van der Waals surface area contributed by atoms with E-state index in [0.29, 0.717) is 29.6 Å². The fraction of sp³-hybridized carbons (Fsp3) is 0.200. The average Bonchev–Trinajstić information content (AvgIpc) is 2.87. The molecule has 0 saturated carbocycles. The molecule has 1 amide bonds. The topological polar surface area (TPSA) is 91.3 Å². The number of pyridine rings is 1. The first kappa shape index (κ1) is 20.7. The summed E-state index contributed by atoms with van der Waals surface area (Å²) in [5.74, 6) is 0.890. The van der Waals surface area contributed by atoms with Gasteiger partial charge in [-0.15, -0.1) is 0 Å². The molecule has 0 spiro atoms. The molecule has 4 aromatic rings. The zero-order valence-electron chi connectivity index (χ0n) is 18.0. The quantitative estimate of drug-likeness (QED) is 0.524. The Bertz CT molecular complexity index is 1420. The molecule has 0 radical (unpaired) electrons. The van der Waals surface area contributed by atoms with Crippen molar-refractivity contribution in [2.45, 2.75) is 6.54 Å². The Morgan fingerprint density at radius 3 is 2.48 bits per heavy atom. The monoisotopic (exact) mass is 441 g/mol. The Balaban J connectivity index is 1.34. The molecule has 8 nitrogen and oxygen atoms in total. The highest BCUT2D eigenvalue weighted by Crippen LogP contribution is 2.16. The number of carbonyl (C=O) groups is 1. The number of benzene rings is 2. The molecule has 33 heavy (non-hydrogen) atoms. The van der Waals surface area contributed by atoms with Crippen LogP contribution in [0.4, 0.5) is 5.82 Å². The lowest BCUT2D eigenvalue weighted by molar-refractivity contribution is 0.0746. The highest BCUT2D eigenvalue weighted by atomic mass is 16.2. The van der Waals surface area contributed by atoms with Crippen molar-refractivity contribution in [3.8, 4) is 0 Å². The average molecular weight is 441 g/mol. The van der Waals surface area contributed by atoms with Gasteiger partial charge in [0.15, 0.2) is 0 Å². The number of aromatic amines is 1. The summed E-state index contributed by atoms with van der Waals surface area (Å²) in [6.45, 7) is 2.93. The molecular weight excluding hydrogens is 418 g/mol. The largest absolute Gasteiger partial charge is 0.353 e. The van der Waals surface area contributed by atoms with Gasteiger partial charge in [-0.3, -0.25) is 19.1 Å². The van der Waals surface area contributed by atoms with Gasteiger partial charge in [0, 0.05) is 37.9 Å². The summed E-state index contributed by atoms with van der Waals surface area (Å²) in [7, 11) is 0. The molecule has 3 heterocycles. The molecule has 1 saturated heterocycles. The Hall–Kier alpha value is -4.20. The van der Waals surface area contributed by atoms with Gasteiger partial charge in [0.1, 0.15) is 5.82 Å². The highest BCUT2D eigenvalue weighted by Gasteiger charge is 2.23. The van der Waals surface area contributed by atoms with E-state index in [9.17, 15) is 14.4 Å². The summed E-state index contributed by atoms with van der Waals surface area (Å²) in [5.41, 5.74) is 1.09. The van der Waals surface area contributed by atoms with Gasteiger partial charge in [0.05, 0.1) is 17.4 Å². The molecule has 0 atom stereocenters. The molecule has 0 unspecified atom stereocenters. The molecule has 2 aromatic carbocycles. The second kappa shape index (κ2) is 8.74.